The molecule has 1 aliphatic rings. The number of rotatable bonds is 1. The summed E-state index contributed by atoms with van der Waals surface area (Å²) in [4.78, 5) is 0. The van der Waals surface area contributed by atoms with Crippen LogP contribution in [0.1, 0.15) is 47.0 Å². The van der Waals surface area contributed by atoms with E-state index in [2.05, 4.69) is 34.3 Å². The molecule has 1 saturated carbocycles. The Morgan fingerprint density at radius 3 is 2.50 bits per heavy atom. The van der Waals surface area contributed by atoms with E-state index in [4.69, 9.17) is 0 Å². The minimum absolute atomic E-state index is 0.498. The Morgan fingerprint density at radius 2 is 2.08 bits per heavy atom. The Hall–Kier alpha value is -0.260. The zero-order chi connectivity index (χ0) is 9.35. The molecule has 2 unspecified atom stereocenters. The molecule has 0 heteroatoms. The summed E-state index contributed by atoms with van der Waals surface area (Å²) >= 11 is 0. The van der Waals surface area contributed by atoms with Crippen LogP contribution in [0.2, 0.25) is 0 Å². The first-order valence-electron chi connectivity index (χ1n) is 5.17. The van der Waals surface area contributed by atoms with Crippen molar-refractivity contribution in [3.05, 3.63) is 12.2 Å². The Kier molecular flexibility index (Phi) is 2.65. The van der Waals surface area contributed by atoms with Crippen LogP contribution < -0.4 is 0 Å². The maximum atomic E-state index is 4.24. The fourth-order valence-corrected chi connectivity index (χ4v) is 2.61. The van der Waals surface area contributed by atoms with Gasteiger partial charge in [-0.15, -0.1) is 0 Å². The van der Waals surface area contributed by atoms with Crippen molar-refractivity contribution in [2.24, 2.45) is 17.3 Å². The molecule has 0 nitrogen and oxygen atoms in total. The van der Waals surface area contributed by atoms with E-state index in [0.29, 0.717) is 5.41 Å². The van der Waals surface area contributed by atoms with E-state index in [1.807, 2.05) is 0 Å². The topological polar surface area (TPSA) is 0 Å². The predicted octanol–water partition coefficient (Wildman–Crippen LogP) is 4.02. The molecule has 0 aliphatic heterocycles. The van der Waals surface area contributed by atoms with E-state index in [-0.39, 0.29) is 0 Å². The van der Waals surface area contributed by atoms with Gasteiger partial charge in [0.25, 0.3) is 0 Å². The molecule has 0 bridgehead atoms. The maximum absolute atomic E-state index is 4.24. The average molecular weight is 166 g/mol. The molecule has 0 amide bonds. The Bertz CT molecular complexity index is 176. The van der Waals surface area contributed by atoms with Gasteiger partial charge in [0.1, 0.15) is 0 Å². The van der Waals surface area contributed by atoms with Crippen LogP contribution in [0, 0.1) is 17.3 Å². The van der Waals surface area contributed by atoms with E-state index in [9.17, 15) is 0 Å². The second-order valence-corrected chi connectivity index (χ2v) is 4.96. The molecular formula is C12H22. The lowest BCUT2D eigenvalue weighted by molar-refractivity contribution is 0.161. The highest BCUT2D eigenvalue weighted by Gasteiger charge is 2.35. The lowest BCUT2D eigenvalue weighted by Crippen LogP contribution is -2.32. The minimum Gasteiger partial charge on any atom is -0.0993 e. The highest BCUT2D eigenvalue weighted by molar-refractivity contribution is 5.12. The summed E-state index contributed by atoms with van der Waals surface area (Å²) in [5, 5.41) is 0. The normalized spacial score (nSPS) is 35.2. The van der Waals surface area contributed by atoms with Crippen LogP contribution in [-0.4, -0.2) is 0 Å². The molecule has 0 spiro atoms. The molecule has 0 aromatic carbocycles. The summed E-state index contributed by atoms with van der Waals surface area (Å²) in [6, 6.07) is 0. The summed E-state index contributed by atoms with van der Waals surface area (Å²) in [5.41, 5.74) is 1.99. The van der Waals surface area contributed by atoms with Crippen molar-refractivity contribution in [1.82, 2.24) is 0 Å². The van der Waals surface area contributed by atoms with Gasteiger partial charge in [-0.3, -0.25) is 0 Å². The second kappa shape index (κ2) is 3.24. The predicted molar refractivity (Wildman–Crippen MR) is 55.1 cm³/mol. The van der Waals surface area contributed by atoms with Crippen LogP contribution in [0.15, 0.2) is 12.2 Å². The third-order valence-corrected chi connectivity index (χ3v) is 3.65. The molecule has 0 saturated heterocycles. The van der Waals surface area contributed by atoms with E-state index in [0.717, 1.165) is 11.8 Å². The standard InChI is InChI=1S/C12H22/c1-6-11-10(3)9(2)7-8-12(11,4)5/h9,11H,3,6-8H2,1-2,4-5H3. The molecule has 1 aliphatic carbocycles. The zero-order valence-electron chi connectivity index (χ0n) is 8.98. The van der Waals surface area contributed by atoms with E-state index < -0.39 is 0 Å². The SMILES string of the molecule is C=C1C(C)CCC(C)(C)C1CC. The van der Waals surface area contributed by atoms with E-state index in [1.54, 1.807) is 0 Å². The zero-order valence-corrected chi connectivity index (χ0v) is 8.98. The van der Waals surface area contributed by atoms with Crippen LogP contribution >= 0.6 is 0 Å². The average Bonchev–Trinajstić information content (AvgIpc) is 1.99. The van der Waals surface area contributed by atoms with E-state index in [1.165, 1.54) is 24.8 Å². The molecule has 2 atom stereocenters. The van der Waals surface area contributed by atoms with Crippen molar-refractivity contribution in [3.63, 3.8) is 0 Å². The minimum atomic E-state index is 0.498. The van der Waals surface area contributed by atoms with Gasteiger partial charge < -0.3 is 0 Å². The molecule has 1 fully saturated rings. The molecule has 70 valence electrons. The van der Waals surface area contributed by atoms with Crippen molar-refractivity contribution in [2.75, 3.05) is 0 Å². The van der Waals surface area contributed by atoms with Gasteiger partial charge in [0.15, 0.2) is 0 Å². The summed E-state index contributed by atoms with van der Waals surface area (Å²) in [5.74, 6) is 1.50. The first-order chi connectivity index (χ1) is 5.49. The fraction of sp³-hybridized carbons (Fsp3) is 0.833. The second-order valence-electron chi connectivity index (χ2n) is 4.96. The molecule has 12 heavy (non-hydrogen) atoms. The van der Waals surface area contributed by atoms with Crippen molar-refractivity contribution in [1.29, 1.82) is 0 Å². The Morgan fingerprint density at radius 1 is 1.50 bits per heavy atom. The monoisotopic (exact) mass is 166 g/mol. The fourth-order valence-electron chi connectivity index (χ4n) is 2.61. The third kappa shape index (κ3) is 1.57. The first kappa shape index (κ1) is 9.83. The van der Waals surface area contributed by atoms with Crippen molar-refractivity contribution >= 4 is 0 Å². The van der Waals surface area contributed by atoms with Crippen LogP contribution in [0.4, 0.5) is 0 Å². The quantitative estimate of drug-likeness (QED) is 0.516. The smallest absolute Gasteiger partial charge is 0.0154 e. The molecular weight excluding hydrogens is 144 g/mol. The first-order valence-corrected chi connectivity index (χ1v) is 5.17. The lowest BCUT2D eigenvalue weighted by atomic mass is 9.63. The van der Waals surface area contributed by atoms with Gasteiger partial charge in [0.05, 0.1) is 0 Å². The van der Waals surface area contributed by atoms with Gasteiger partial charge in [-0.1, -0.05) is 39.8 Å². The molecule has 0 N–H and O–H groups in total. The lowest BCUT2D eigenvalue weighted by Gasteiger charge is -2.42. The van der Waals surface area contributed by atoms with Gasteiger partial charge >= 0.3 is 0 Å². The van der Waals surface area contributed by atoms with Gasteiger partial charge in [-0.05, 0) is 36.5 Å². The van der Waals surface area contributed by atoms with E-state index >= 15 is 0 Å². The van der Waals surface area contributed by atoms with Crippen LogP contribution in [0.25, 0.3) is 0 Å². The number of allylic oxidation sites excluding steroid dienone is 1. The van der Waals surface area contributed by atoms with Crippen molar-refractivity contribution in [3.8, 4) is 0 Å². The maximum Gasteiger partial charge on any atom is -0.0154 e. The molecule has 0 aromatic rings. The largest absolute Gasteiger partial charge is 0.0993 e. The van der Waals surface area contributed by atoms with Crippen LogP contribution in [0.3, 0.4) is 0 Å². The highest BCUT2D eigenvalue weighted by Crippen LogP contribution is 2.46. The van der Waals surface area contributed by atoms with Gasteiger partial charge in [0.2, 0.25) is 0 Å². The van der Waals surface area contributed by atoms with Gasteiger partial charge in [-0.2, -0.15) is 0 Å². The summed E-state index contributed by atoms with van der Waals surface area (Å²) in [6.07, 6.45) is 3.96. The highest BCUT2D eigenvalue weighted by atomic mass is 14.4. The van der Waals surface area contributed by atoms with Gasteiger partial charge in [-0.25, -0.2) is 0 Å². The summed E-state index contributed by atoms with van der Waals surface area (Å²) < 4.78 is 0. The van der Waals surface area contributed by atoms with Crippen molar-refractivity contribution in [2.45, 2.75) is 47.0 Å². The molecule has 1 rings (SSSR count). The van der Waals surface area contributed by atoms with Gasteiger partial charge in [0, 0.05) is 0 Å². The number of hydrogen-bond donors (Lipinski definition) is 0. The summed E-state index contributed by atoms with van der Waals surface area (Å²) in [7, 11) is 0. The molecule has 0 aromatic heterocycles. The van der Waals surface area contributed by atoms with Crippen LogP contribution in [-0.2, 0) is 0 Å². The summed E-state index contributed by atoms with van der Waals surface area (Å²) in [6.45, 7) is 13.6. The number of hydrogen-bond acceptors (Lipinski definition) is 0. The molecule has 0 radical (unpaired) electrons. The Labute approximate surface area is 77.1 Å². The third-order valence-electron chi connectivity index (χ3n) is 3.65. The van der Waals surface area contributed by atoms with Crippen molar-refractivity contribution < 1.29 is 0 Å². The Balaban J connectivity index is 2.79. The molecule has 0 heterocycles. The van der Waals surface area contributed by atoms with Crippen LogP contribution in [0.5, 0.6) is 0 Å².